The highest BCUT2D eigenvalue weighted by atomic mass is 19.4. The summed E-state index contributed by atoms with van der Waals surface area (Å²) in [5.41, 5.74) is -0.933. The molecule has 2 rings (SSSR count). The molecule has 1 aromatic rings. The van der Waals surface area contributed by atoms with Crippen molar-refractivity contribution < 1.29 is 22.0 Å². The second-order valence-electron chi connectivity index (χ2n) is 5.20. The molecule has 0 unspecified atom stereocenters. The molecule has 0 aliphatic carbocycles. The van der Waals surface area contributed by atoms with Crippen LogP contribution in [-0.2, 0) is 6.18 Å². The van der Waals surface area contributed by atoms with Crippen molar-refractivity contribution in [3.63, 3.8) is 0 Å². The number of hydrogen-bond acceptors (Lipinski definition) is 4. The van der Waals surface area contributed by atoms with Gasteiger partial charge in [-0.15, -0.1) is 0 Å². The summed E-state index contributed by atoms with van der Waals surface area (Å²) in [5, 5.41) is 5.47. The number of aromatic nitrogens is 2. The molecule has 21 heavy (non-hydrogen) atoms. The van der Waals surface area contributed by atoms with Crippen LogP contribution < -0.4 is 10.6 Å². The van der Waals surface area contributed by atoms with Gasteiger partial charge in [-0.25, -0.2) is 18.7 Å². The molecular weight excluding hydrogens is 295 g/mol. The number of halogens is 5. The Morgan fingerprint density at radius 2 is 1.95 bits per heavy atom. The van der Waals surface area contributed by atoms with Gasteiger partial charge in [-0.2, -0.15) is 13.2 Å². The summed E-state index contributed by atoms with van der Waals surface area (Å²) in [5.74, 6) is -2.95. The Balaban J connectivity index is 1.89. The van der Waals surface area contributed by atoms with Crippen molar-refractivity contribution in [1.82, 2.24) is 15.3 Å². The smallest absolute Gasteiger partial charge is 0.353 e. The van der Waals surface area contributed by atoms with Crippen LogP contribution in [0.3, 0.4) is 0 Å². The van der Waals surface area contributed by atoms with Crippen LogP contribution in [0.25, 0.3) is 0 Å². The Hall–Kier alpha value is -1.51. The first kappa shape index (κ1) is 15.9. The van der Waals surface area contributed by atoms with Crippen molar-refractivity contribution in [3.8, 4) is 0 Å². The quantitative estimate of drug-likeness (QED) is 0.843. The van der Waals surface area contributed by atoms with Crippen molar-refractivity contribution in [2.45, 2.75) is 31.5 Å². The monoisotopic (exact) mass is 310 g/mol. The fourth-order valence-electron chi connectivity index (χ4n) is 2.21. The first-order valence-electron chi connectivity index (χ1n) is 6.42. The summed E-state index contributed by atoms with van der Waals surface area (Å²) >= 11 is 0. The largest absolute Gasteiger partial charge is 0.419 e. The number of hydrogen-bond donors (Lipinski definition) is 2. The van der Waals surface area contributed by atoms with Crippen molar-refractivity contribution in [2.24, 2.45) is 5.92 Å². The third-order valence-electron chi connectivity index (χ3n) is 3.39. The van der Waals surface area contributed by atoms with Crippen LogP contribution in [0, 0.1) is 5.92 Å². The maximum Gasteiger partial charge on any atom is 0.419 e. The van der Waals surface area contributed by atoms with E-state index in [1.54, 1.807) is 6.92 Å². The molecule has 2 N–H and O–H groups in total. The summed E-state index contributed by atoms with van der Waals surface area (Å²) in [7, 11) is 0. The maximum absolute atomic E-state index is 13.1. The molecule has 4 nitrogen and oxygen atoms in total. The maximum atomic E-state index is 13.1. The van der Waals surface area contributed by atoms with E-state index in [4.69, 9.17) is 0 Å². The summed E-state index contributed by atoms with van der Waals surface area (Å²) in [4.78, 5) is 7.13. The van der Waals surface area contributed by atoms with E-state index >= 15 is 0 Å². The van der Waals surface area contributed by atoms with Gasteiger partial charge >= 0.3 is 6.18 Å². The lowest BCUT2D eigenvalue weighted by Gasteiger charge is -2.35. The number of piperidine rings is 1. The Morgan fingerprint density at radius 3 is 2.48 bits per heavy atom. The van der Waals surface area contributed by atoms with Gasteiger partial charge in [0.15, 0.2) is 0 Å². The topological polar surface area (TPSA) is 49.8 Å². The highest BCUT2D eigenvalue weighted by molar-refractivity contribution is 5.26. The molecule has 118 valence electrons. The molecule has 2 heterocycles. The minimum atomic E-state index is -4.48. The van der Waals surface area contributed by atoms with Crippen LogP contribution >= 0.6 is 0 Å². The minimum Gasteiger partial charge on any atom is -0.353 e. The Kier molecular flexibility index (Phi) is 4.31. The zero-order valence-corrected chi connectivity index (χ0v) is 11.2. The summed E-state index contributed by atoms with van der Waals surface area (Å²) in [6.07, 6.45) is -3.34. The zero-order chi connectivity index (χ0) is 15.7. The van der Waals surface area contributed by atoms with Crippen molar-refractivity contribution in [1.29, 1.82) is 0 Å². The molecule has 1 saturated heterocycles. The van der Waals surface area contributed by atoms with Crippen molar-refractivity contribution >= 4 is 5.95 Å². The van der Waals surface area contributed by atoms with E-state index in [9.17, 15) is 22.0 Å². The molecule has 9 heteroatoms. The number of nitrogens with zero attached hydrogens (tertiary/aromatic N) is 2. The van der Waals surface area contributed by atoms with Gasteiger partial charge in [0.1, 0.15) is 0 Å². The van der Waals surface area contributed by atoms with Crippen LogP contribution in [-0.4, -0.2) is 35.0 Å². The molecule has 2 atom stereocenters. The second-order valence-corrected chi connectivity index (χ2v) is 5.20. The van der Waals surface area contributed by atoms with E-state index in [0.717, 1.165) is 0 Å². The van der Waals surface area contributed by atoms with Gasteiger partial charge in [-0.3, -0.25) is 0 Å². The molecule has 0 amide bonds. The van der Waals surface area contributed by atoms with E-state index < -0.39 is 24.2 Å². The van der Waals surface area contributed by atoms with E-state index in [1.807, 2.05) is 0 Å². The van der Waals surface area contributed by atoms with Crippen molar-refractivity contribution in [3.05, 3.63) is 18.0 Å². The highest BCUT2D eigenvalue weighted by Crippen LogP contribution is 2.29. The van der Waals surface area contributed by atoms with Crippen LogP contribution in [0.2, 0.25) is 0 Å². The van der Waals surface area contributed by atoms with Crippen molar-refractivity contribution in [2.75, 3.05) is 18.4 Å². The first-order valence-corrected chi connectivity index (χ1v) is 6.42. The zero-order valence-electron chi connectivity index (χ0n) is 11.2. The van der Waals surface area contributed by atoms with Crippen LogP contribution in [0.4, 0.5) is 27.9 Å². The molecule has 1 fully saturated rings. The second kappa shape index (κ2) is 5.70. The molecule has 0 saturated carbocycles. The first-order chi connectivity index (χ1) is 9.67. The molecule has 1 aliphatic rings. The molecule has 0 radical (unpaired) electrons. The van der Waals surface area contributed by atoms with E-state index in [0.29, 0.717) is 12.4 Å². The summed E-state index contributed by atoms with van der Waals surface area (Å²) in [6, 6.07) is -0.212. The Bertz CT molecular complexity index is 474. The lowest BCUT2D eigenvalue weighted by Crippen LogP contribution is -2.52. The molecular formula is C12H15F5N4. The lowest BCUT2D eigenvalue weighted by atomic mass is 9.90. The van der Waals surface area contributed by atoms with Crippen LogP contribution in [0.15, 0.2) is 12.4 Å². The van der Waals surface area contributed by atoms with E-state index in [-0.39, 0.29) is 30.9 Å². The SMILES string of the molecule is C[C@@H]1CC(F)(F)CN[C@@H]1CNc1ncc(C(F)(F)F)cn1. The van der Waals surface area contributed by atoms with Crippen LogP contribution in [0.1, 0.15) is 18.9 Å². The summed E-state index contributed by atoms with van der Waals surface area (Å²) in [6.45, 7) is 1.56. The third kappa shape index (κ3) is 4.23. The minimum absolute atomic E-state index is 0.0364. The fourth-order valence-corrected chi connectivity index (χ4v) is 2.21. The number of anilines is 1. The number of rotatable bonds is 3. The van der Waals surface area contributed by atoms with E-state index in [1.165, 1.54) is 0 Å². The average Bonchev–Trinajstić information content (AvgIpc) is 2.36. The van der Waals surface area contributed by atoms with E-state index in [2.05, 4.69) is 20.6 Å². The Morgan fingerprint density at radius 1 is 1.33 bits per heavy atom. The van der Waals surface area contributed by atoms with Gasteiger partial charge in [0.05, 0.1) is 12.1 Å². The standard InChI is InChI=1S/C12H15F5N4/c1-7-2-11(13,14)6-21-9(7)5-20-10-18-3-8(4-19-10)12(15,16)17/h3-4,7,9,21H,2,5-6H2,1H3,(H,18,19,20)/t7-,9-/m1/s1. The molecule has 1 aliphatic heterocycles. The van der Waals surface area contributed by atoms with Crippen LogP contribution in [0.5, 0.6) is 0 Å². The van der Waals surface area contributed by atoms with Gasteiger partial charge < -0.3 is 10.6 Å². The lowest BCUT2D eigenvalue weighted by molar-refractivity contribution is -0.138. The molecule has 0 bridgehead atoms. The molecule has 0 spiro atoms. The molecule has 1 aromatic heterocycles. The fraction of sp³-hybridized carbons (Fsp3) is 0.667. The van der Waals surface area contributed by atoms with Gasteiger partial charge in [0.2, 0.25) is 5.95 Å². The number of alkyl halides is 5. The molecule has 0 aromatic carbocycles. The van der Waals surface area contributed by atoms with Gasteiger partial charge in [0, 0.05) is 31.4 Å². The van der Waals surface area contributed by atoms with Gasteiger partial charge in [0.25, 0.3) is 5.92 Å². The summed E-state index contributed by atoms with van der Waals surface area (Å²) < 4.78 is 63.3. The predicted octanol–water partition coefficient (Wildman–Crippen LogP) is 2.54. The van der Waals surface area contributed by atoms with Gasteiger partial charge in [-0.1, -0.05) is 6.92 Å². The number of nitrogens with one attached hydrogen (secondary N) is 2. The van der Waals surface area contributed by atoms with Gasteiger partial charge in [-0.05, 0) is 5.92 Å². The average molecular weight is 310 g/mol. The highest BCUT2D eigenvalue weighted by Gasteiger charge is 2.39. The Labute approximate surface area is 118 Å². The normalized spacial score (nSPS) is 25.6. The predicted molar refractivity (Wildman–Crippen MR) is 66.0 cm³/mol. The third-order valence-corrected chi connectivity index (χ3v) is 3.39.